The lowest BCUT2D eigenvalue weighted by Crippen LogP contribution is -2.37. The van der Waals surface area contributed by atoms with Crippen LogP contribution in [-0.2, 0) is 32.7 Å². The number of quaternary nitrogens is 1. The van der Waals surface area contributed by atoms with Gasteiger partial charge in [-0.05, 0) is 12.8 Å². The molecule has 9 nitrogen and oxygen atoms in total. The third kappa shape index (κ3) is 36.8. The van der Waals surface area contributed by atoms with E-state index in [0.717, 1.165) is 32.1 Å². The van der Waals surface area contributed by atoms with Gasteiger partial charge in [0.15, 0.2) is 6.10 Å². The van der Waals surface area contributed by atoms with E-state index in [1.54, 1.807) is 0 Å². The summed E-state index contributed by atoms with van der Waals surface area (Å²) in [5, 5.41) is 0. The average molecular weight is 774 g/mol. The summed E-state index contributed by atoms with van der Waals surface area (Å²) >= 11 is 0. The highest BCUT2D eigenvalue weighted by molar-refractivity contribution is 7.45. The molecule has 0 aromatic rings. The van der Waals surface area contributed by atoms with Crippen molar-refractivity contribution in [2.24, 2.45) is 0 Å². The monoisotopic (exact) mass is 774 g/mol. The SMILES string of the molecule is [13CH3][13CH2][13CH2][13CH2][13CH2][13CH2][13CH2][13CH2][13CH2][13CH2][13CH2][13CH2][13CH2][13CH2][13CH2][13C](=O)O[13CH2][13CH]([13CH2]OP(=O)([O-])O[13CH2][13CH2][N+]([13CH3])([13CH3])[13CH3])O[13C](=O)[13CH2][13CH2][13CH2][13CH2][13CH2][13CH2][13CH2][13CH2][13CH2][13CH2][13CH2][13CH2][13CH2][13CH2][13CH3]. The number of carbonyl (C=O) groups is 2. The van der Waals surface area contributed by atoms with E-state index in [4.69, 9.17) is 18.5 Å². The van der Waals surface area contributed by atoms with E-state index in [-0.39, 0.29) is 32.0 Å². The Hall–Kier alpha value is -0.990. The number of likely N-dealkylation sites (N-methyl/N-ethyl adjacent to an activating group) is 1. The number of rotatable bonds is 38. The fraction of sp³-hybridized carbons (Fsp3) is 0.950. The first kappa shape index (κ1) is 49.0. The van der Waals surface area contributed by atoms with E-state index in [1.165, 1.54) is 128 Å². The summed E-state index contributed by atoms with van der Waals surface area (Å²) in [6, 6.07) is 0. The maximum absolute atomic E-state index is 12.6. The third-order valence-corrected chi connectivity index (χ3v) is 10.1. The number of ether oxygens (including phenoxy) is 2. The Bertz CT molecular complexity index is 835. The summed E-state index contributed by atoms with van der Waals surface area (Å²) in [4.78, 5) is 37.4. The van der Waals surface area contributed by atoms with Gasteiger partial charge in [0.05, 0.1) is 27.7 Å². The van der Waals surface area contributed by atoms with Gasteiger partial charge in [0.2, 0.25) is 0 Å². The Morgan fingerprint density at radius 1 is 0.540 bits per heavy atom. The van der Waals surface area contributed by atoms with Gasteiger partial charge in [-0.15, -0.1) is 0 Å². The number of hydrogen-bond donors (Lipinski definition) is 0. The normalized spacial score (nSPS) is 13.6. The second-order valence-corrected chi connectivity index (χ2v) is 16.8. The summed E-state index contributed by atoms with van der Waals surface area (Å²) in [5.41, 5.74) is 0. The average Bonchev–Trinajstić information content (AvgIpc) is 3.06. The van der Waals surface area contributed by atoms with Crippen molar-refractivity contribution in [2.45, 2.75) is 200 Å². The molecule has 2 atom stereocenters. The van der Waals surface area contributed by atoms with Crippen molar-refractivity contribution in [3.05, 3.63) is 0 Å². The Morgan fingerprint density at radius 3 is 1.28 bits per heavy atom. The smallest absolute Gasteiger partial charge is 0.306 e. The number of carbonyl (C=O) groups excluding carboxylic acids is 2. The predicted molar refractivity (Wildman–Crippen MR) is 204 cm³/mol. The predicted octanol–water partition coefficient (Wildman–Crippen LogP) is 10.6. The van der Waals surface area contributed by atoms with Gasteiger partial charge in [0.1, 0.15) is 19.8 Å². The fourth-order valence-electron chi connectivity index (χ4n) is 5.83. The lowest BCUT2D eigenvalue weighted by Gasteiger charge is -2.28. The van der Waals surface area contributed by atoms with Crippen molar-refractivity contribution in [3.63, 3.8) is 0 Å². The molecule has 0 rings (SSSR count). The molecule has 0 spiro atoms. The molecular weight excluding hydrogens is 693 g/mol. The van der Waals surface area contributed by atoms with E-state index >= 15 is 0 Å². The molecular formula is C40H80NO8P. The van der Waals surface area contributed by atoms with Crippen LogP contribution in [0.15, 0.2) is 0 Å². The molecule has 0 aromatic heterocycles. The van der Waals surface area contributed by atoms with Gasteiger partial charge in [0, 0.05) is 12.8 Å². The Kier molecular flexibility index (Phi) is 33.2. The first-order chi connectivity index (χ1) is 24.0. The quantitative estimate of drug-likeness (QED) is 0.0200. The van der Waals surface area contributed by atoms with E-state index in [0.29, 0.717) is 17.4 Å². The van der Waals surface area contributed by atoms with Crippen LogP contribution in [0.3, 0.4) is 0 Å². The van der Waals surface area contributed by atoms with Crippen molar-refractivity contribution in [3.8, 4) is 0 Å². The third-order valence-electron chi connectivity index (χ3n) is 9.13. The van der Waals surface area contributed by atoms with Crippen LogP contribution in [0.25, 0.3) is 0 Å². The number of phosphoric ester groups is 1. The van der Waals surface area contributed by atoms with Gasteiger partial charge < -0.3 is 27.9 Å². The van der Waals surface area contributed by atoms with Crippen LogP contribution in [0.1, 0.15) is 194 Å². The molecule has 0 aliphatic heterocycles. The molecule has 0 N–H and O–H groups in total. The van der Waals surface area contributed by atoms with Crippen molar-refractivity contribution in [1.82, 2.24) is 0 Å². The highest BCUT2D eigenvalue weighted by Gasteiger charge is 2.21. The molecule has 2 unspecified atom stereocenters. The minimum atomic E-state index is -4.61. The molecule has 10 heteroatoms. The second-order valence-electron chi connectivity index (χ2n) is 15.4. The molecule has 0 bridgehead atoms. The minimum absolute atomic E-state index is 0.0259. The standard InChI is InChI=1S/C40H80NO8P/c1-6-8-10-12-14-16-18-20-22-24-26-28-30-32-39(42)46-36-38(37-48-50(44,45)47-35-34-41(3,4)5)49-40(43)33-31-29-27-25-23-21-19-17-15-13-11-9-7-2/h38H,6-37H2,1-5H3/i1+1,2+1,3+1,4+1,5+1,6+1,7+1,8+1,9+1,10+1,11+1,12+1,13+1,14+1,15+1,16+1,17+1,18+1,19+1,20+1,21+1,22+1,23+1,24+1,25+1,26+1,27+1,28+1,29+1,30+1,31+1,32+1,33+1,34+1,35+1,36+1,37+1,38+1,39+1,40+1. The van der Waals surface area contributed by atoms with E-state index in [9.17, 15) is 19.0 Å². The summed E-state index contributed by atoms with van der Waals surface area (Å²) in [5.74, 6) is -0.823. The highest BCUT2D eigenvalue weighted by atomic mass is 31.2. The van der Waals surface area contributed by atoms with Gasteiger partial charge in [-0.25, -0.2) is 0 Å². The molecule has 0 aliphatic rings. The summed E-state index contributed by atoms with van der Waals surface area (Å²) < 4.78 is 33.8. The molecule has 0 saturated carbocycles. The van der Waals surface area contributed by atoms with Crippen molar-refractivity contribution in [2.75, 3.05) is 47.5 Å². The number of phosphoric acid groups is 1. The topological polar surface area (TPSA) is 111 Å². The lowest BCUT2D eigenvalue weighted by molar-refractivity contribution is -0.870. The summed E-state index contributed by atoms with van der Waals surface area (Å²) in [6.45, 7) is 4.24. The van der Waals surface area contributed by atoms with Gasteiger partial charge in [-0.1, -0.05) is 168 Å². The zero-order valence-electron chi connectivity index (χ0n) is 33.4. The van der Waals surface area contributed by atoms with Crippen LogP contribution in [0.2, 0.25) is 0 Å². The first-order valence-electron chi connectivity index (χ1n) is 20.7. The van der Waals surface area contributed by atoms with Crippen LogP contribution in [-0.4, -0.2) is 70.0 Å². The summed E-state index contributed by atoms with van der Waals surface area (Å²) in [7, 11) is 1.18. The lowest BCUT2D eigenvalue weighted by atomic mass is 11.0. The van der Waals surface area contributed by atoms with Crippen molar-refractivity contribution in [1.29, 1.82) is 0 Å². The second kappa shape index (κ2) is 33.8. The zero-order valence-corrected chi connectivity index (χ0v) is 34.3. The molecule has 50 heavy (non-hydrogen) atoms. The Labute approximate surface area is 308 Å². The van der Waals surface area contributed by atoms with E-state index in [1.807, 2.05) is 21.1 Å². The van der Waals surface area contributed by atoms with Gasteiger partial charge in [-0.3, -0.25) is 14.2 Å². The van der Waals surface area contributed by atoms with E-state index in [2.05, 4.69) is 13.8 Å². The maximum Gasteiger partial charge on any atom is 0.306 e. The van der Waals surface area contributed by atoms with Gasteiger partial charge in [0.25, 0.3) is 7.82 Å². The van der Waals surface area contributed by atoms with Crippen LogP contribution >= 0.6 is 7.82 Å². The van der Waals surface area contributed by atoms with Gasteiger partial charge >= 0.3 is 11.9 Å². The minimum Gasteiger partial charge on any atom is -0.756 e. The molecule has 0 fully saturated rings. The fourth-order valence-corrected chi connectivity index (χ4v) is 6.56. The number of unbranched alkanes of at least 4 members (excludes halogenated alkanes) is 24. The number of nitrogens with zero attached hydrogens (tertiary/aromatic N) is 1. The molecule has 0 aromatic carbocycles. The molecule has 0 radical (unpaired) electrons. The molecule has 298 valence electrons. The Morgan fingerprint density at radius 2 is 0.900 bits per heavy atom. The van der Waals surface area contributed by atoms with Crippen molar-refractivity contribution < 1.29 is 42.1 Å². The van der Waals surface area contributed by atoms with Crippen LogP contribution in [0.4, 0.5) is 0 Å². The van der Waals surface area contributed by atoms with Crippen LogP contribution in [0.5, 0.6) is 0 Å². The highest BCUT2D eigenvalue weighted by Crippen LogP contribution is 2.38. The van der Waals surface area contributed by atoms with E-state index < -0.39 is 26.5 Å². The molecule has 0 saturated heterocycles. The van der Waals surface area contributed by atoms with Crippen LogP contribution < -0.4 is 4.89 Å². The Balaban J connectivity index is 4.36. The van der Waals surface area contributed by atoms with Crippen molar-refractivity contribution >= 4 is 19.8 Å². The number of esters is 2. The van der Waals surface area contributed by atoms with Gasteiger partial charge in [-0.2, -0.15) is 0 Å². The maximum atomic E-state index is 12.6. The molecule has 0 amide bonds. The summed E-state index contributed by atoms with van der Waals surface area (Å²) in [6.07, 6.45) is 31.2. The van der Waals surface area contributed by atoms with Crippen LogP contribution in [0, 0.1) is 0 Å². The largest absolute Gasteiger partial charge is 0.756 e. The molecule has 0 aliphatic carbocycles. The zero-order chi connectivity index (χ0) is 37.2. The first-order valence-corrected chi connectivity index (χ1v) is 22.2. The number of hydrogen-bond acceptors (Lipinski definition) is 8. The molecule has 0 heterocycles.